The van der Waals surface area contributed by atoms with E-state index < -0.39 is 0 Å². The van der Waals surface area contributed by atoms with Crippen LogP contribution in [0.4, 0.5) is 0 Å². The minimum atomic E-state index is -0.263. The summed E-state index contributed by atoms with van der Waals surface area (Å²) in [5.74, 6) is 0. The minimum Gasteiger partial charge on any atom is -0.393 e. The number of hydrogen-bond acceptors (Lipinski definition) is 3. The maximum atomic E-state index is 9.23. The summed E-state index contributed by atoms with van der Waals surface area (Å²) in [6.45, 7) is 3.53. The Balaban J connectivity index is 2.32. The molecule has 1 aliphatic carbocycles. The molecule has 0 aliphatic heterocycles. The van der Waals surface area contributed by atoms with Crippen LogP contribution in [-0.4, -0.2) is 41.2 Å². The molecule has 0 heterocycles. The van der Waals surface area contributed by atoms with Gasteiger partial charge in [0.15, 0.2) is 0 Å². The van der Waals surface area contributed by atoms with Gasteiger partial charge in [-0.25, -0.2) is 0 Å². The molecule has 82 valence electrons. The van der Waals surface area contributed by atoms with E-state index in [0.29, 0.717) is 10.4 Å². The van der Waals surface area contributed by atoms with E-state index in [1.54, 1.807) is 0 Å². The molecule has 1 unspecified atom stereocenters. The third-order valence-corrected chi connectivity index (χ3v) is 2.83. The molecule has 4 heteroatoms. The molecular formula is C10H20N2OS. The second kappa shape index (κ2) is 4.55. The molecule has 0 aromatic heterocycles. The molecule has 1 rings (SSSR count). The lowest BCUT2D eigenvalue weighted by molar-refractivity contribution is 0.129. The predicted molar refractivity (Wildman–Crippen MR) is 62.2 cm³/mol. The smallest absolute Gasteiger partial charge is 0.0733 e. The first-order valence-electron chi connectivity index (χ1n) is 5.08. The first-order chi connectivity index (χ1) is 6.43. The molecule has 1 fully saturated rings. The molecule has 0 bridgehead atoms. The Morgan fingerprint density at radius 3 is 2.57 bits per heavy atom. The van der Waals surface area contributed by atoms with Crippen molar-refractivity contribution < 1.29 is 5.11 Å². The number of likely N-dealkylation sites (N-methyl/N-ethyl adjacent to an activating group) is 1. The van der Waals surface area contributed by atoms with E-state index >= 15 is 0 Å². The van der Waals surface area contributed by atoms with Gasteiger partial charge in [0, 0.05) is 19.5 Å². The van der Waals surface area contributed by atoms with E-state index in [1.807, 2.05) is 14.0 Å². The fourth-order valence-corrected chi connectivity index (χ4v) is 2.33. The number of aliphatic hydroxyl groups excluding tert-OH is 1. The molecule has 0 spiro atoms. The summed E-state index contributed by atoms with van der Waals surface area (Å²) in [6.07, 6.45) is 3.02. The molecule has 0 amide bonds. The van der Waals surface area contributed by atoms with Gasteiger partial charge in [0.1, 0.15) is 0 Å². The second-order valence-corrected chi connectivity index (χ2v) is 5.21. The van der Waals surface area contributed by atoms with Crippen molar-refractivity contribution in [2.45, 2.75) is 32.3 Å². The molecular weight excluding hydrogens is 196 g/mol. The van der Waals surface area contributed by atoms with E-state index in [0.717, 1.165) is 19.5 Å². The zero-order valence-electron chi connectivity index (χ0n) is 8.99. The van der Waals surface area contributed by atoms with Crippen LogP contribution in [0.25, 0.3) is 0 Å². The Labute approximate surface area is 91.3 Å². The van der Waals surface area contributed by atoms with Crippen molar-refractivity contribution in [2.75, 3.05) is 20.1 Å². The molecule has 0 aromatic carbocycles. The number of aliphatic hydroxyl groups is 1. The average Bonchev–Trinajstić information content (AvgIpc) is 2.63. The van der Waals surface area contributed by atoms with Gasteiger partial charge < -0.3 is 15.7 Å². The molecule has 14 heavy (non-hydrogen) atoms. The zero-order valence-corrected chi connectivity index (χ0v) is 9.81. The summed E-state index contributed by atoms with van der Waals surface area (Å²) < 4.78 is 0. The summed E-state index contributed by atoms with van der Waals surface area (Å²) >= 11 is 4.93. The summed E-state index contributed by atoms with van der Waals surface area (Å²) in [6, 6.07) is 0. The van der Waals surface area contributed by atoms with Gasteiger partial charge in [0.25, 0.3) is 0 Å². The van der Waals surface area contributed by atoms with Crippen molar-refractivity contribution in [2.24, 2.45) is 11.1 Å². The molecule has 3 N–H and O–H groups in total. The van der Waals surface area contributed by atoms with E-state index in [-0.39, 0.29) is 6.10 Å². The topological polar surface area (TPSA) is 49.5 Å². The monoisotopic (exact) mass is 216 g/mol. The van der Waals surface area contributed by atoms with Crippen molar-refractivity contribution in [3.8, 4) is 0 Å². The lowest BCUT2D eigenvalue weighted by Gasteiger charge is -2.24. The molecule has 0 saturated heterocycles. The minimum absolute atomic E-state index is 0.263. The normalized spacial score (nSPS) is 20.9. The molecule has 0 radical (unpaired) electrons. The van der Waals surface area contributed by atoms with Crippen LogP contribution < -0.4 is 5.73 Å². The Morgan fingerprint density at radius 1 is 1.64 bits per heavy atom. The Kier molecular flexibility index (Phi) is 3.86. The summed E-state index contributed by atoms with van der Waals surface area (Å²) in [5.41, 5.74) is 5.89. The number of thiocarbonyl (C=S) groups is 1. The van der Waals surface area contributed by atoms with Crippen LogP contribution in [0.15, 0.2) is 0 Å². The largest absolute Gasteiger partial charge is 0.393 e. The van der Waals surface area contributed by atoms with Gasteiger partial charge in [-0.1, -0.05) is 12.2 Å². The van der Waals surface area contributed by atoms with Gasteiger partial charge in [-0.2, -0.15) is 0 Å². The van der Waals surface area contributed by atoms with Crippen LogP contribution in [0.3, 0.4) is 0 Å². The number of nitrogens with two attached hydrogens (primary N) is 1. The van der Waals surface area contributed by atoms with Crippen LogP contribution in [0, 0.1) is 5.41 Å². The van der Waals surface area contributed by atoms with Gasteiger partial charge in [-0.15, -0.1) is 0 Å². The van der Waals surface area contributed by atoms with Crippen molar-refractivity contribution in [3.05, 3.63) is 0 Å². The first kappa shape index (κ1) is 11.9. The van der Waals surface area contributed by atoms with E-state index in [2.05, 4.69) is 4.90 Å². The zero-order chi connectivity index (χ0) is 10.8. The van der Waals surface area contributed by atoms with Gasteiger partial charge >= 0.3 is 0 Å². The van der Waals surface area contributed by atoms with E-state index in [9.17, 15) is 5.11 Å². The highest BCUT2D eigenvalue weighted by Gasteiger charge is 2.43. The SMILES string of the molecule is CC(O)CN(C)CC1(CC(N)=S)CC1. The van der Waals surface area contributed by atoms with Gasteiger partial charge in [0.2, 0.25) is 0 Å². The van der Waals surface area contributed by atoms with Crippen LogP contribution in [-0.2, 0) is 0 Å². The number of nitrogens with zero attached hydrogens (tertiary/aromatic N) is 1. The van der Waals surface area contributed by atoms with Crippen molar-refractivity contribution in [1.29, 1.82) is 0 Å². The summed E-state index contributed by atoms with van der Waals surface area (Å²) in [5, 5.41) is 9.23. The molecule has 0 aromatic rings. The van der Waals surface area contributed by atoms with E-state index in [1.165, 1.54) is 12.8 Å². The molecule has 3 nitrogen and oxygen atoms in total. The number of hydrogen-bond donors (Lipinski definition) is 2. The van der Waals surface area contributed by atoms with Crippen molar-refractivity contribution >= 4 is 17.2 Å². The molecule has 1 atom stereocenters. The maximum absolute atomic E-state index is 9.23. The third kappa shape index (κ3) is 3.90. The van der Waals surface area contributed by atoms with Gasteiger partial charge in [-0.3, -0.25) is 0 Å². The highest BCUT2D eigenvalue weighted by molar-refractivity contribution is 7.80. The Bertz CT molecular complexity index is 214. The van der Waals surface area contributed by atoms with Crippen molar-refractivity contribution in [1.82, 2.24) is 4.90 Å². The van der Waals surface area contributed by atoms with E-state index in [4.69, 9.17) is 18.0 Å². The van der Waals surface area contributed by atoms with Crippen LogP contribution in [0.1, 0.15) is 26.2 Å². The third-order valence-electron chi connectivity index (χ3n) is 2.69. The van der Waals surface area contributed by atoms with Crippen LogP contribution in [0.5, 0.6) is 0 Å². The predicted octanol–water partition coefficient (Wildman–Crippen LogP) is 0.755. The van der Waals surface area contributed by atoms with Crippen LogP contribution in [0.2, 0.25) is 0 Å². The lowest BCUT2D eigenvalue weighted by atomic mass is 10.0. The average molecular weight is 216 g/mol. The van der Waals surface area contributed by atoms with Crippen molar-refractivity contribution in [3.63, 3.8) is 0 Å². The maximum Gasteiger partial charge on any atom is 0.0733 e. The standard InChI is InChI=1S/C10H20N2OS/c1-8(13)6-12(2)7-10(3-4-10)5-9(11)14/h8,13H,3-7H2,1-2H3,(H2,11,14). The molecule has 1 aliphatic rings. The highest BCUT2D eigenvalue weighted by Crippen LogP contribution is 2.49. The lowest BCUT2D eigenvalue weighted by Crippen LogP contribution is -2.34. The second-order valence-electron chi connectivity index (χ2n) is 4.69. The Hall–Kier alpha value is -0.190. The highest BCUT2D eigenvalue weighted by atomic mass is 32.1. The molecule has 1 saturated carbocycles. The fourth-order valence-electron chi connectivity index (χ4n) is 2.03. The van der Waals surface area contributed by atoms with Crippen LogP contribution >= 0.6 is 12.2 Å². The van der Waals surface area contributed by atoms with Gasteiger partial charge in [-0.05, 0) is 32.2 Å². The Morgan fingerprint density at radius 2 is 2.21 bits per heavy atom. The summed E-state index contributed by atoms with van der Waals surface area (Å²) in [4.78, 5) is 2.78. The van der Waals surface area contributed by atoms with Gasteiger partial charge in [0.05, 0.1) is 11.1 Å². The number of rotatable bonds is 6. The quantitative estimate of drug-likeness (QED) is 0.644. The first-order valence-corrected chi connectivity index (χ1v) is 5.49. The fraction of sp³-hybridized carbons (Fsp3) is 0.900. The summed E-state index contributed by atoms with van der Waals surface area (Å²) in [7, 11) is 2.03.